The Labute approximate surface area is 165 Å². The molecule has 0 saturated carbocycles. The van der Waals surface area contributed by atoms with Crippen molar-refractivity contribution in [3.8, 4) is 0 Å². The predicted octanol–water partition coefficient (Wildman–Crippen LogP) is 2.49. The van der Waals surface area contributed by atoms with Gasteiger partial charge in [-0.25, -0.2) is 9.35 Å². The highest BCUT2D eigenvalue weighted by atomic mass is 32.2. The van der Waals surface area contributed by atoms with Gasteiger partial charge >= 0.3 is 0 Å². The zero-order valence-corrected chi connectivity index (χ0v) is 17.4. The first-order valence-electron chi connectivity index (χ1n) is 9.83. The Morgan fingerprint density at radius 2 is 2.14 bits per heavy atom. The molecule has 0 bridgehead atoms. The Bertz CT molecular complexity index is 1020. The van der Waals surface area contributed by atoms with Gasteiger partial charge in [0.25, 0.3) is 0 Å². The number of aryl methyl sites for hydroxylation is 1. The van der Waals surface area contributed by atoms with Gasteiger partial charge in [-0.3, -0.25) is 9.67 Å². The lowest BCUT2D eigenvalue weighted by molar-refractivity contribution is 0.215. The smallest absolute Gasteiger partial charge is 0.233 e. The number of nitrogens with one attached hydrogen (secondary N) is 1. The third-order valence-electron chi connectivity index (χ3n) is 5.63. The largest absolute Gasteiger partial charge is 0.355 e. The molecule has 9 heteroatoms. The van der Waals surface area contributed by atoms with Gasteiger partial charge in [0, 0.05) is 29.3 Å². The lowest BCUT2D eigenvalue weighted by Gasteiger charge is -2.19. The predicted molar refractivity (Wildman–Crippen MR) is 108 cm³/mol. The van der Waals surface area contributed by atoms with Crippen molar-refractivity contribution in [2.75, 3.05) is 5.32 Å². The summed E-state index contributed by atoms with van der Waals surface area (Å²) >= 11 is 0. The molecule has 2 aliphatic carbocycles. The van der Waals surface area contributed by atoms with Gasteiger partial charge in [-0.2, -0.15) is 9.46 Å². The summed E-state index contributed by atoms with van der Waals surface area (Å²) in [4.78, 5) is 5.19. The molecule has 2 aliphatic rings. The zero-order chi connectivity index (χ0) is 20.1. The van der Waals surface area contributed by atoms with Crippen LogP contribution in [0.2, 0.25) is 0 Å². The lowest BCUT2D eigenvalue weighted by Crippen LogP contribution is -2.24. The quantitative estimate of drug-likeness (QED) is 0.662. The number of aromatic nitrogens is 3. The third-order valence-corrected chi connectivity index (χ3v) is 7.02. The van der Waals surface area contributed by atoms with E-state index in [1.165, 1.54) is 6.20 Å². The number of pyridine rings is 1. The van der Waals surface area contributed by atoms with E-state index in [1.807, 2.05) is 13.8 Å². The number of anilines is 1. The van der Waals surface area contributed by atoms with Gasteiger partial charge in [0.15, 0.2) is 0 Å². The number of hydrogen-bond acceptors (Lipinski definition) is 6. The van der Waals surface area contributed by atoms with Crippen LogP contribution < -0.4 is 10.5 Å². The summed E-state index contributed by atoms with van der Waals surface area (Å²) in [5.41, 5.74) is 5.43. The number of fused-ring (bicyclic) bond motifs is 2. The van der Waals surface area contributed by atoms with Crippen LogP contribution in [-0.2, 0) is 29.2 Å². The summed E-state index contributed by atoms with van der Waals surface area (Å²) in [7, 11) is -3.27. The maximum atomic E-state index is 12.9. The molecule has 0 aliphatic heterocycles. The van der Waals surface area contributed by atoms with Gasteiger partial charge in [-0.15, -0.1) is 0 Å². The van der Waals surface area contributed by atoms with E-state index in [0.29, 0.717) is 10.8 Å². The molecule has 3 atom stereocenters. The highest BCUT2D eigenvalue weighted by Crippen LogP contribution is 2.41. The van der Waals surface area contributed by atoms with Crippen molar-refractivity contribution in [1.29, 1.82) is 0 Å². The van der Waals surface area contributed by atoms with Crippen molar-refractivity contribution in [1.82, 2.24) is 14.8 Å². The molecule has 152 valence electrons. The molecule has 3 unspecified atom stereocenters. The van der Waals surface area contributed by atoms with Crippen molar-refractivity contribution in [2.24, 2.45) is 9.50 Å². The molecular formula is C19H28N6O2S. The first kappa shape index (κ1) is 19.4. The molecule has 0 fully saturated rings. The number of hydrogen-bond donors (Lipinski definition) is 3. The minimum absolute atomic E-state index is 0.121. The highest BCUT2D eigenvalue weighted by molar-refractivity contribution is 7.91. The van der Waals surface area contributed by atoms with Crippen LogP contribution in [0.5, 0.6) is 0 Å². The summed E-state index contributed by atoms with van der Waals surface area (Å²) in [5, 5.41) is 23.8. The second kappa shape index (κ2) is 7.13. The maximum absolute atomic E-state index is 12.9. The Kier molecular flexibility index (Phi) is 4.93. The maximum Gasteiger partial charge on any atom is 0.233 e. The second-order valence-corrected chi connectivity index (χ2v) is 9.83. The van der Waals surface area contributed by atoms with E-state index in [1.54, 1.807) is 10.9 Å². The fraction of sp³-hybridized carbons (Fsp3) is 0.579. The van der Waals surface area contributed by atoms with Gasteiger partial charge in [0.2, 0.25) is 6.35 Å². The van der Waals surface area contributed by atoms with Crippen molar-refractivity contribution in [3.63, 3.8) is 0 Å². The van der Waals surface area contributed by atoms with Crippen LogP contribution in [0.4, 0.5) is 5.69 Å². The standard InChI is InChI=1S/C19H28N6O2S/c1-11(2)25-10-13(9-21-25)28(20,27)24-19(26)23-18-14-5-4-6-16(14)22-17-12(3)7-8-15(17)18/h9-12,19,26H,4-8H2,1-3H3,(H,22,23)(H2,20,24,27). The van der Waals surface area contributed by atoms with Gasteiger partial charge < -0.3 is 10.4 Å². The molecule has 2 aromatic heterocycles. The molecule has 2 aromatic rings. The third kappa shape index (κ3) is 3.42. The Morgan fingerprint density at radius 3 is 2.86 bits per heavy atom. The van der Waals surface area contributed by atoms with E-state index in [0.717, 1.165) is 60.3 Å². The van der Waals surface area contributed by atoms with E-state index in [2.05, 4.69) is 21.7 Å². The summed E-state index contributed by atoms with van der Waals surface area (Å²) in [6, 6.07) is 0.121. The molecule has 0 saturated heterocycles. The Hall–Kier alpha value is -1.97. The monoisotopic (exact) mass is 404 g/mol. The molecule has 4 rings (SSSR count). The molecule has 28 heavy (non-hydrogen) atoms. The summed E-state index contributed by atoms with van der Waals surface area (Å²) in [6.07, 6.45) is 6.61. The molecule has 8 nitrogen and oxygen atoms in total. The fourth-order valence-electron chi connectivity index (χ4n) is 4.09. The Morgan fingerprint density at radius 1 is 1.36 bits per heavy atom. The van der Waals surface area contributed by atoms with Gasteiger partial charge in [-0.05, 0) is 63.0 Å². The first-order chi connectivity index (χ1) is 13.3. The van der Waals surface area contributed by atoms with Crippen molar-refractivity contribution in [3.05, 3.63) is 34.9 Å². The average Bonchev–Trinajstić information content (AvgIpc) is 3.34. The number of aliphatic hydroxyl groups is 1. The van der Waals surface area contributed by atoms with Gasteiger partial charge in [0.05, 0.1) is 6.20 Å². The minimum atomic E-state index is -3.27. The number of rotatable bonds is 5. The lowest BCUT2D eigenvalue weighted by atomic mass is 10.0. The van der Waals surface area contributed by atoms with E-state index in [9.17, 15) is 9.32 Å². The minimum Gasteiger partial charge on any atom is -0.355 e. The van der Waals surface area contributed by atoms with Crippen LogP contribution in [0.15, 0.2) is 21.7 Å². The van der Waals surface area contributed by atoms with Crippen LogP contribution in [0.25, 0.3) is 0 Å². The molecule has 0 aromatic carbocycles. The topological polar surface area (TPSA) is 118 Å². The van der Waals surface area contributed by atoms with Gasteiger partial charge in [-0.1, -0.05) is 6.92 Å². The summed E-state index contributed by atoms with van der Waals surface area (Å²) in [6.45, 7) is 6.12. The van der Waals surface area contributed by atoms with Gasteiger partial charge in [0.1, 0.15) is 14.8 Å². The molecule has 2 heterocycles. The van der Waals surface area contributed by atoms with Crippen LogP contribution in [0.1, 0.15) is 68.1 Å². The fourth-order valence-corrected chi connectivity index (χ4v) is 5.02. The molecule has 4 N–H and O–H groups in total. The van der Waals surface area contributed by atoms with E-state index in [4.69, 9.17) is 10.1 Å². The zero-order valence-electron chi connectivity index (χ0n) is 16.6. The Balaban J connectivity index is 1.65. The van der Waals surface area contributed by atoms with Crippen LogP contribution >= 0.6 is 0 Å². The van der Waals surface area contributed by atoms with E-state index < -0.39 is 16.3 Å². The number of aliphatic hydroxyl groups excluding tert-OH is 1. The summed E-state index contributed by atoms with van der Waals surface area (Å²) in [5.74, 6) is 0.413. The van der Waals surface area contributed by atoms with Crippen LogP contribution in [0.3, 0.4) is 0 Å². The van der Waals surface area contributed by atoms with Crippen LogP contribution in [0, 0.1) is 0 Å². The van der Waals surface area contributed by atoms with Crippen molar-refractivity contribution < 1.29 is 9.32 Å². The first-order valence-corrected chi connectivity index (χ1v) is 11.4. The van der Waals surface area contributed by atoms with Crippen molar-refractivity contribution in [2.45, 2.75) is 76.1 Å². The number of nitrogens with zero attached hydrogens (tertiary/aromatic N) is 4. The normalized spacial score (nSPS) is 21.3. The average molecular weight is 405 g/mol. The van der Waals surface area contributed by atoms with E-state index in [-0.39, 0.29) is 6.04 Å². The summed E-state index contributed by atoms with van der Waals surface area (Å²) < 4.78 is 18.6. The highest BCUT2D eigenvalue weighted by Gasteiger charge is 2.30. The molecular weight excluding hydrogens is 376 g/mol. The molecule has 0 spiro atoms. The second-order valence-electron chi connectivity index (χ2n) is 8.01. The molecule has 0 amide bonds. The van der Waals surface area contributed by atoms with Crippen molar-refractivity contribution >= 4 is 15.6 Å². The van der Waals surface area contributed by atoms with E-state index >= 15 is 0 Å². The number of nitrogens with two attached hydrogens (primary N) is 1. The molecule has 0 radical (unpaired) electrons. The van der Waals surface area contributed by atoms with Crippen LogP contribution in [-0.4, -0.2) is 30.4 Å². The SMILES string of the molecule is CC1CCc2c1nc1c(c2NC(O)N=S(N)(=O)c2cnn(C(C)C)c2)CCC1.